The van der Waals surface area contributed by atoms with Crippen LogP contribution in [0.1, 0.15) is 19.8 Å². The number of anilines is 2. The zero-order valence-electron chi connectivity index (χ0n) is 11.1. The summed E-state index contributed by atoms with van der Waals surface area (Å²) in [7, 11) is 0. The molecular formula is C11H20N6OS. The van der Waals surface area contributed by atoms with Crippen LogP contribution >= 0.6 is 11.8 Å². The van der Waals surface area contributed by atoms with Crippen molar-refractivity contribution in [2.45, 2.75) is 19.8 Å². The predicted octanol–water partition coefficient (Wildman–Crippen LogP) is 1.11. The van der Waals surface area contributed by atoms with Crippen molar-refractivity contribution in [3.8, 4) is 6.01 Å². The summed E-state index contributed by atoms with van der Waals surface area (Å²) in [6, 6.07) is 0.284. The topological polar surface area (TPSA) is 98.0 Å². The first-order valence-corrected chi connectivity index (χ1v) is 7.64. The number of hydrogen-bond acceptors (Lipinski definition) is 8. The minimum atomic E-state index is 0.284. The van der Waals surface area contributed by atoms with E-state index in [9.17, 15) is 0 Å². The lowest BCUT2D eigenvalue weighted by atomic mass is 10.0. The summed E-state index contributed by atoms with van der Waals surface area (Å²) < 4.78 is 5.28. The standard InChI is InChI=1S/C11H20N6OS/c1-2-18-11-15-9(14-10(16-11)17-12)13-7-8-3-5-19-6-4-8/h8H,2-7,12H2,1H3,(H2,13,14,15,16,17). The van der Waals surface area contributed by atoms with E-state index < -0.39 is 0 Å². The van der Waals surface area contributed by atoms with Gasteiger partial charge in [0.25, 0.3) is 0 Å². The van der Waals surface area contributed by atoms with Crippen LogP contribution in [0.4, 0.5) is 11.9 Å². The summed E-state index contributed by atoms with van der Waals surface area (Å²) in [6.07, 6.45) is 2.48. The number of nitrogens with two attached hydrogens (primary N) is 1. The third-order valence-electron chi connectivity index (χ3n) is 2.91. The van der Waals surface area contributed by atoms with Gasteiger partial charge in [0.1, 0.15) is 0 Å². The highest BCUT2D eigenvalue weighted by Gasteiger charge is 2.14. The van der Waals surface area contributed by atoms with Crippen LogP contribution in [0.5, 0.6) is 6.01 Å². The maximum Gasteiger partial charge on any atom is 0.323 e. The zero-order valence-corrected chi connectivity index (χ0v) is 11.9. The van der Waals surface area contributed by atoms with Gasteiger partial charge in [0, 0.05) is 6.54 Å². The highest BCUT2D eigenvalue weighted by molar-refractivity contribution is 7.99. The molecule has 0 bridgehead atoms. The summed E-state index contributed by atoms with van der Waals surface area (Å²) in [5.74, 6) is 9.31. The van der Waals surface area contributed by atoms with Gasteiger partial charge in [-0.15, -0.1) is 0 Å². The molecule has 0 unspecified atom stereocenters. The van der Waals surface area contributed by atoms with Crippen LogP contribution < -0.4 is 21.3 Å². The van der Waals surface area contributed by atoms with E-state index >= 15 is 0 Å². The molecule has 1 aliphatic rings. The molecule has 1 aromatic rings. The largest absolute Gasteiger partial charge is 0.464 e. The Hall–Kier alpha value is -1.28. The lowest BCUT2D eigenvalue weighted by Crippen LogP contribution is -2.21. The molecule has 8 heteroatoms. The number of rotatable bonds is 6. The molecule has 0 radical (unpaired) electrons. The summed E-state index contributed by atoms with van der Waals surface area (Å²) >= 11 is 2.02. The van der Waals surface area contributed by atoms with Crippen LogP contribution in [0.15, 0.2) is 0 Å². The normalized spacial score (nSPS) is 16.1. The van der Waals surface area contributed by atoms with Gasteiger partial charge in [-0.2, -0.15) is 26.7 Å². The molecule has 0 aliphatic carbocycles. The molecule has 0 saturated carbocycles. The van der Waals surface area contributed by atoms with Crippen molar-refractivity contribution in [2.75, 3.05) is 35.4 Å². The molecule has 0 amide bonds. The molecule has 4 N–H and O–H groups in total. The quantitative estimate of drug-likeness (QED) is 0.528. The van der Waals surface area contributed by atoms with E-state index in [4.69, 9.17) is 10.6 Å². The Morgan fingerprint density at radius 1 is 1.26 bits per heavy atom. The van der Waals surface area contributed by atoms with Crippen LogP contribution in [-0.2, 0) is 0 Å². The van der Waals surface area contributed by atoms with E-state index in [-0.39, 0.29) is 6.01 Å². The van der Waals surface area contributed by atoms with Gasteiger partial charge in [-0.1, -0.05) is 0 Å². The maximum atomic E-state index is 5.33. The lowest BCUT2D eigenvalue weighted by molar-refractivity contribution is 0.312. The van der Waals surface area contributed by atoms with Crippen molar-refractivity contribution in [3.63, 3.8) is 0 Å². The Morgan fingerprint density at radius 2 is 2.00 bits per heavy atom. The smallest absolute Gasteiger partial charge is 0.323 e. The molecular weight excluding hydrogens is 264 g/mol. The monoisotopic (exact) mass is 284 g/mol. The van der Waals surface area contributed by atoms with Crippen LogP contribution in [0.25, 0.3) is 0 Å². The molecule has 0 spiro atoms. The van der Waals surface area contributed by atoms with Gasteiger partial charge >= 0.3 is 6.01 Å². The number of ether oxygens (including phenoxy) is 1. The first-order chi connectivity index (χ1) is 9.31. The van der Waals surface area contributed by atoms with Crippen LogP contribution in [0.2, 0.25) is 0 Å². The van der Waals surface area contributed by atoms with E-state index in [1.807, 2.05) is 18.7 Å². The molecule has 1 aromatic heterocycles. The molecule has 106 valence electrons. The van der Waals surface area contributed by atoms with Crippen LogP contribution in [0, 0.1) is 5.92 Å². The Bertz CT molecular complexity index is 399. The fourth-order valence-corrected chi connectivity index (χ4v) is 3.08. The van der Waals surface area contributed by atoms with Crippen molar-refractivity contribution >= 4 is 23.7 Å². The van der Waals surface area contributed by atoms with E-state index in [0.717, 1.165) is 6.54 Å². The lowest BCUT2D eigenvalue weighted by Gasteiger charge is -2.21. The van der Waals surface area contributed by atoms with Crippen LogP contribution in [-0.4, -0.2) is 39.6 Å². The van der Waals surface area contributed by atoms with Gasteiger partial charge in [0.15, 0.2) is 0 Å². The van der Waals surface area contributed by atoms with E-state index in [0.29, 0.717) is 24.4 Å². The van der Waals surface area contributed by atoms with Gasteiger partial charge in [0.05, 0.1) is 6.61 Å². The van der Waals surface area contributed by atoms with Gasteiger partial charge in [0.2, 0.25) is 11.9 Å². The van der Waals surface area contributed by atoms with E-state index in [2.05, 4.69) is 25.7 Å². The molecule has 1 fully saturated rings. The average Bonchev–Trinajstić information content (AvgIpc) is 2.46. The minimum absolute atomic E-state index is 0.284. The van der Waals surface area contributed by atoms with Crippen molar-refractivity contribution in [1.82, 2.24) is 15.0 Å². The second-order valence-electron chi connectivity index (χ2n) is 4.28. The van der Waals surface area contributed by atoms with Gasteiger partial charge < -0.3 is 10.1 Å². The van der Waals surface area contributed by atoms with Gasteiger partial charge in [-0.25, -0.2) is 5.84 Å². The molecule has 19 heavy (non-hydrogen) atoms. The Labute approximate surface area is 117 Å². The molecule has 2 rings (SSSR count). The number of nitrogen functional groups attached to an aromatic ring is 1. The minimum Gasteiger partial charge on any atom is -0.464 e. The second kappa shape index (κ2) is 7.34. The van der Waals surface area contributed by atoms with Crippen molar-refractivity contribution in [3.05, 3.63) is 0 Å². The molecule has 0 aromatic carbocycles. The molecule has 7 nitrogen and oxygen atoms in total. The first-order valence-electron chi connectivity index (χ1n) is 6.49. The van der Waals surface area contributed by atoms with E-state index in [1.165, 1.54) is 24.3 Å². The Kier molecular flexibility index (Phi) is 5.46. The number of hydrazine groups is 1. The average molecular weight is 284 g/mol. The van der Waals surface area contributed by atoms with Gasteiger partial charge in [-0.3, -0.25) is 5.43 Å². The molecule has 0 atom stereocenters. The number of nitrogens with one attached hydrogen (secondary N) is 2. The number of thioether (sulfide) groups is 1. The fourth-order valence-electron chi connectivity index (χ4n) is 1.88. The molecule has 1 aliphatic heterocycles. The first kappa shape index (κ1) is 14.1. The maximum absolute atomic E-state index is 5.33. The number of aromatic nitrogens is 3. The zero-order chi connectivity index (χ0) is 13.5. The summed E-state index contributed by atoms with van der Waals surface area (Å²) in [4.78, 5) is 12.4. The van der Waals surface area contributed by atoms with Crippen LogP contribution in [0.3, 0.4) is 0 Å². The highest BCUT2D eigenvalue weighted by Crippen LogP contribution is 2.22. The van der Waals surface area contributed by atoms with Gasteiger partial charge in [-0.05, 0) is 37.2 Å². The number of nitrogens with zero attached hydrogens (tertiary/aromatic N) is 3. The van der Waals surface area contributed by atoms with Crippen molar-refractivity contribution in [2.24, 2.45) is 11.8 Å². The summed E-state index contributed by atoms with van der Waals surface area (Å²) in [6.45, 7) is 3.26. The summed E-state index contributed by atoms with van der Waals surface area (Å²) in [5.41, 5.74) is 2.42. The SMILES string of the molecule is CCOc1nc(NN)nc(NCC2CCSCC2)n1. The predicted molar refractivity (Wildman–Crippen MR) is 77.3 cm³/mol. The van der Waals surface area contributed by atoms with E-state index in [1.54, 1.807) is 0 Å². The summed E-state index contributed by atoms with van der Waals surface area (Å²) in [5, 5.41) is 3.24. The third-order valence-corrected chi connectivity index (χ3v) is 3.96. The second-order valence-corrected chi connectivity index (χ2v) is 5.50. The van der Waals surface area contributed by atoms with Crippen molar-refractivity contribution in [1.29, 1.82) is 0 Å². The van der Waals surface area contributed by atoms with Crippen molar-refractivity contribution < 1.29 is 4.74 Å². The number of hydrogen-bond donors (Lipinski definition) is 3. The Balaban J connectivity index is 1.95. The molecule has 1 saturated heterocycles. The Morgan fingerprint density at radius 3 is 2.68 bits per heavy atom. The molecule has 2 heterocycles. The fraction of sp³-hybridized carbons (Fsp3) is 0.727. The highest BCUT2D eigenvalue weighted by atomic mass is 32.2. The third kappa shape index (κ3) is 4.39.